The molecule has 208 valence electrons. The topological polar surface area (TPSA) is 80.9 Å². The minimum absolute atomic E-state index is 0.148. The van der Waals surface area contributed by atoms with Gasteiger partial charge in [-0.3, -0.25) is 0 Å². The normalized spacial score (nSPS) is 25.6. The lowest BCUT2D eigenvalue weighted by atomic mass is 9.74. The van der Waals surface area contributed by atoms with E-state index in [-0.39, 0.29) is 11.8 Å². The molecule has 0 radical (unpaired) electrons. The van der Waals surface area contributed by atoms with Crippen LogP contribution in [0.5, 0.6) is 0 Å². The highest BCUT2D eigenvalue weighted by molar-refractivity contribution is 5.86. The molecule has 4 atom stereocenters. The van der Waals surface area contributed by atoms with Crippen LogP contribution in [0.25, 0.3) is 21.5 Å². The molecule has 4 N–H and O–H groups in total. The van der Waals surface area contributed by atoms with Crippen LogP contribution >= 0.6 is 0 Å². The van der Waals surface area contributed by atoms with Crippen LogP contribution in [0.4, 0.5) is 0 Å². The van der Waals surface area contributed by atoms with Crippen molar-refractivity contribution in [3.05, 3.63) is 164 Å². The van der Waals surface area contributed by atoms with Gasteiger partial charge in [0.1, 0.15) is 24.4 Å². The largest absolute Gasteiger partial charge is 0.384 e. The molecule has 0 amide bonds. The summed E-state index contributed by atoms with van der Waals surface area (Å²) in [5.74, 6) is 0.297. The molecule has 0 fully saturated rings. The molecular weight excluding hydrogens is 532 g/mol. The Morgan fingerprint density at radius 1 is 0.326 bits per heavy atom. The van der Waals surface area contributed by atoms with Gasteiger partial charge in [-0.05, 0) is 119 Å². The van der Waals surface area contributed by atoms with Gasteiger partial charge in [-0.2, -0.15) is 0 Å². The lowest BCUT2D eigenvalue weighted by molar-refractivity contribution is 0.173. The fraction of sp³-hybridized carbons (Fsp3) is 0.179. The van der Waals surface area contributed by atoms with Crippen LogP contribution in [0.1, 0.15) is 109 Å². The summed E-state index contributed by atoms with van der Waals surface area (Å²) in [7, 11) is 0. The molecule has 2 bridgehead atoms. The Morgan fingerprint density at radius 2 is 0.558 bits per heavy atom. The Balaban J connectivity index is 1.10. The third kappa shape index (κ3) is 3.04. The Kier molecular flexibility index (Phi) is 4.60. The molecule has 4 heteroatoms. The van der Waals surface area contributed by atoms with Gasteiger partial charge in [0.2, 0.25) is 0 Å². The van der Waals surface area contributed by atoms with E-state index >= 15 is 0 Å². The molecule has 0 aromatic heterocycles. The Labute approximate surface area is 248 Å². The summed E-state index contributed by atoms with van der Waals surface area (Å²) in [4.78, 5) is 0. The van der Waals surface area contributed by atoms with Crippen LogP contribution in [0.2, 0.25) is 0 Å². The zero-order chi connectivity index (χ0) is 28.7. The molecule has 4 nitrogen and oxygen atoms in total. The fourth-order valence-electron chi connectivity index (χ4n) is 8.74. The number of benzene rings is 6. The maximum atomic E-state index is 11.6. The molecule has 0 spiro atoms. The molecule has 0 saturated carbocycles. The first-order valence-electron chi connectivity index (χ1n) is 15.1. The van der Waals surface area contributed by atoms with E-state index < -0.39 is 24.4 Å². The van der Waals surface area contributed by atoms with Crippen molar-refractivity contribution < 1.29 is 20.4 Å². The lowest BCUT2D eigenvalue weighted by Gasteiger charge is -2.33. The van der Waals surface area contributed by atoms with E-state index in [0.29, 0.717) is 0 Å². The maximum absolute atomic E-state index is 11.6. The van der Waals surface area contributed by atoms with Crippen LogP contribution < -0.4 is 0 Å². The number of aliphatic hydroxyl groups excluding tert-OH is 4. The van der Waals surface area contributed by atoms with Gasteiger partial charge in [-0.15, -0.1) is 0 Å². The minimum atomic E-state index is -0.811. The van der Waals surface area contributed by atoms with E-state index in [1.54, 1.807) is 0 Å². The molecule has 43 heavy (non-hydrogen) atoms. The quantitative estimate of drug-likeness (QED) is 0.162. The molecule has 6 aromatic rings. The summed E-state index contributed by atoms with van der Waals surface area (Å²) in [6.45, 7) is 0. The van der Waals surface area contributed by atoms with Crippen molar-refractivity contribution in [2.24, 2.45) is 0 Å². The number of aliphatic hydroxyl groups is 4. The zero-order valence-corrected chi connectivity index (χ0v) is 23.2. The first kappa shape index (κ1) is 24.2. The van der Waals surface area contributed by atoms with Crippen molar-refractivity contribution in [2.75, 3.05) is 0 Å². The lowest BCUT2D eigenvalue weighted by Crippen LogP contribution is -2.21. The second-order valence-electron chi connectivity index (χ2n) is 12.8. The predicted molar refractivity (Wildman–Crippen MR) is 165 cm³/mol. The van der Waals surface area contributed by atoms with Crippen LogP contribution in [-0.2, 0) is 0 Å². The molecule has 4 aliphatic rings. The molecule has 6 aromatic carbocycles. The van der Waals surface area contributed by atoms with Crippen molar-refractivity contribution in [3.63, 3.8) is 0 Å². The summed E-state index contributed by atoms with van der Waals surface area (Å²) < 4.78 is 0. The third-order valence-corrected chi connectivity index (χ3v) is 10.8. The fourth-order valence-corrected chi connectivity index (χ4v) is 8.74. The number of rotatable bonds is 0. The Hall–Kier alpha value is -4.32. The van der Waals surface area contributed by atoms with Crippen LogP contribution in [0.15, 0.2) is 97.1 Å². The first-order chi connectivity index (χ1) is 21.0. The molecule has 0 aliphatic heterocycles. The average Bonchev–Trinajstić information content (AvgIpc) is 3.60. The Bertz CT molecular complexity index is 1910. The molecule has 0 saturated heterocycles. The van der Waals surface area contributed by atoms with Gasteiger partial charge < -0.3 is 20.4 Å². The zero-order valence-electron chi connectivity index (χ0n) is 23.2. The third-order valence-electron chi connectivity index (χ3n) is 10.8. The molecule has 4 unspecified atom stereocenters. The molecule has 4 aliphatic carbocycles. The smallest absolute Gasteiger partial charge is 0.105 e. The van der Waals surface area contributed by atoms with E-state index in [0.717, 1.165) is 72.5 Å². The first-order valence-corrected chi connectivity index (χ1v) is 15.1. The minimum Gasteiger partial charge on any atom is -0.384 e. The summed E-state index contributed by atoms with van der Waals surface area (Å²) in [6.07, 6.45) is -2.33. The van der Waals surface area contributed by atoms with Crippen molar-refractivity contribution in [3.8, 4) is 0 Å². The van der Waals surface area contributed by atoms with Gasteiger partial charge in [0.25, 0.3) is 0 Å². The summed E-state index contributed by atoms with van der Waals surface area (Å²) in [5.41, 5.74) is 10.9. The van der Waals surface area contributed by atoms with Crippen molar-refractivity contribution in [2.45, 2.75) is 42.7 Å². The molecule has 10 rings (SSSR count). The number of hydrogen-bond acceptors (Lipinski definition) is 4. The highest BCUT2D eigenvalue weighted by Gasteiger charge is 2.45. The maximum Gasteiger partial charge on any atom is 0.105 e. The second kappa shape index (κ2) is 8.19. The highest BCUT2D eigenvalue weighted by atomic mass is 16.3. The number of hydrogen-bond donors (Lipinski definition) is 4. The van der Waals surface area contributed by atoms with E-state index in [1.165, 1.54) is 22.3 Å². The van der Waals surface area contributed by atoms with Gasteiger partial charge in [-0.25, -0.2) is 0 Å². The van der Waals surface area contributed by atoms with Gasteiger partial charge in [-0.1, -0.05) is 72.8 Å². The monoisotopic (exact) mass is 560 g/mol. The Morgan fingerprint density at radius 3 is 0.814 bits per heavy atom. The standard InChI is InChI=1S/C39H28O4/c40-36-28-9-18-5-1-2-6-19(18)10-29(28)37(41)33-15-25-23-13-22(24(25)14-32(33)36)26-16-34-35(17-27(23)26)39(43)31-12-21-8-4-3-7-20(21)11-30(31)38(34)42/h1-12,14-17,22-23,36-43H,13H2. The summed E-state index contributed by atoms with van der Waals surface area (Å²) in [6, 6.07) is 32.6. The summed E-state index contributed by atoms with van der Waals surface area (Å²) in [5, 5.41) is 50.6. The predicted octanol–water partition coefficient (Wildman–Crippen LogP) is 6.93. The summed E-state index contributed by atoms with van der Waals surface area (Å²) >= 11 is 0. The van der Waals surface area contributed by atoms with Crippen LogP contribution in [0.3, 0.4) is 0 Å². The molecule has 0 heterocycles. The van der Waals surface area contributed by atoms with Crippen molar-refractivity contribution >= 4 is 21.5 Å². The van der Waals surface area contributed by atoms with Gasteiger partial charge in [0, 0.05) is 11.8 Å². The van der Waals surface area contributed by atoms with E-state index in [4.69, 9.17) is 0 Å². The van der Waals surface area contributed by atoms with Gasteiger partial charge in [0.05, 0.1) is 0 Å². The molecular formula is C39H28O4. The van der Waals surface area contributed by atoms with Crippen LogP contribution in [-0.4, -0.2) is 20.4 Å². The average molecular weight is 561 g/mol. The van der Waals surface area contributed by atoms with Crippen molar-refractivity contribution in [1.29, 1.82) is 0 Å². The number of fused-ring (bicyclic) bond motifs is 14. The van der Waals surface area contributed by atoms with E-state index in [9.17, 15) is 20.4 Å². The van der Waals surface area contributed by atoms with Crippen molar-refractivity contribution in [1.82, 2.24) is 0 Å². The van der Waals surface area contributed by atoms with E-state index in [2.05, 4.69) is 24.3 Å². The second-order valence-corrected chi connectivity index (χ2v) is 12.8. The SMILES string of the molecule is OC1c2cc3c(cc2C(O)c2cc4ccccc4cc21)C1CC3c2cc3c(cc21)C(O)c1cc2ccccc2cc1C3O. The van der Waals surface area contributed by atoms with Crippen LogP contribution in [0, 0.1) is 0 Å². The van der Waals surface area contributed by atoms with Gasteiger partial charge >= 0.3 is 0 Å². The highest BCUT2D eigenvalue weighted by Crippen LogP contribution is 2.60. The van der Waals surface area contributed by atoms with Gasteiger partial charge in [0.15, 0.2) is 0 Å². The van der Waals surface area contributed by atoms with E-state index in [1.807, 2.05) is 72.8 Å².